The Labute approximate surface area is 255 Å². The van der Waals surface area contributed by atoms with E-state index in [0.717, 1.165) is 54.2 Å². The predicted molar refractivity (Wildman–Crippen MR) is 172 cm³/mol. The number of ketones is 1. The van der Waals surface area contributed by atoms with Gasteiger partial charge in [-0.15, -0.1) is 0 Å². The van der Waals surface area contributed by atoms with Crippen LogP contribution in [0.5, 0.6) is 0 Å². The molecule has 41 heavy (non-hydrogen) atoms. The molecule has 0 saturated heterocycles. The van der Waals surface area contributed by atoms with Crippen LogP contribution >= 0.6 is 12.0 Å². The van der Waals surface area contributed by atoms with E-state index in [9.17, 15) is 4.79 Å². The Balaban J connectivity index is 1.65. The number of rotatable bonds is 12. The van der Waals surface area contributed by atoms with Crippen LogP contribution in [-0.2, 0) is 32.6 Å². The van der Waals surface area contributed by atoms with Crippen LogP contribution in [0, 0.1) is 5.92 Å². The molecule has 7 heteroatoms. The van der Waals surface area contributed by atoms with Gasteiger partial charge in [0, 0.05) is 64.7 Å². The maximum atomic E-state index is 12.1. The lowest BCUT2D eigenvalue weighted by Gasteiger charge is -2.26. The molecule has 0 aliphatic carbocycles. The lowest BCUT2D eigenvalue weighted by molar-refractivity contribution is -0.438. The van der Waals surface area contributed by atoms with Gasteiger partial charge in [0.25, 0.3) is 0 Å². The lowest BCUT2D eigenvalue weighted by Crippen LogP contribution is -2.28. The number of Topliss-reactive ketones (excluding diaryl/α,β-unsaturated/α-hetero) is 1. The van der Waals surface area contributed by atoms with Crippen LogP contribution in [0.2, 0.25) is 0 Å². The number of nitrogens with zero attached hydrogens (tertiary/aromatic N) is 2. The van der Waals surface area contributed by atoms with Crippen molar-refractivity contribution >= 4 is 47.5 Å². The molecule has 5 nitrogen and oxygen atoms in total. The van der Waals surface area contributed by atoms with Gasteiger partial charge < -0.3 is 17.5 Å². The number of carbonyl (C=O) groups excluding carboxylic acids is 1. The van der Waals surface area contributed by atoms with Gasteiger partial charge in [0.1, 0.15) is 12.3 Å². The molecule has 2 heterocycles. The van der Waals surface area contributed by atoms with Gasteiger partial charge in [-0.3, -0.25) is 4.79 Å². The van der Waals surface area contributed by atoms with Crippen molar-refractivity contribution in [3.8, 4) is 0 Å². The summed E-state index contributed by atoms with van der Waals surface area (Å²) in [7, 11) is 0. The van der Waals surface area contributed by atoms with Crippen molar-refractivity contribution in [1.82, 2.24) is 0 Å². The standard InChI is InChI=1S/C34H44N2O3S2/c1-8-35-28-18-16-24(40)21-26(28)33(4,5)31(35)14-12-15-32-34(6,7)27-22-25(41-39-38)17-19-29(27)36(32)20-11-9-10-13-30(37)23(2)3/h12,14-19,21-23H,8-11,13,20H2,1-7H3,(H-,38,40). The molecule has 0 aromatic heterocycles. The molecule has 2 aliphatic rings. The third-order valence-electron chi connectivity index (χ3n) is 8.63. The molecule has 220 valence electrons. The van der Waals surface area contributed by atoms with E-state index in [4.69, 9.17) is 17.9 Å². The smallest absolute Gasteiger partial charge is 0.209 e. The molecular formula is C34H44N2O3S2. The molecule has 0 fully saturated rings. The molecule has 0 atom stereocenters. The third kappa shape index (κ3) is 6.34. The number of hydrogen-bond donors (Lipinski definition) is 1. The fraction of sp³-hybridized carbons (Fsp3) is 0.471. The largest absolute Gasteiger partial charge is 0.780 e. The van der Waals surface area contributed by atoms with Gasteiger partial charge in [-0.25, -0.2) is 5.26 Å². The Kier molecular flexibility index (Phi) is 9.85. The molecule has 1 N–H and O–H groups in total. The summed E-state index contributed by atoms with van der Waals surface area (Å²) in [6, 6.07) is 12.6. The van der Waals surface area contributed by atoms with E-state index in [1.54, 1.807) is 0 Å². The Morgan fingerprint density at radius 3 is 2.51 bits per heavy atom. The summed E-state index contributed by atoms with van der Waals surface area (Å²) in [6.45, 7) is 17.0. The highest BCUT2D eigenvalue weighted by atomic mass is 32.2. The number of benzene rings is 2. The number of likely N-dealkylation sites (N-methyl/N-ethyl adjacent to an activating group) is 1. The Hall–Kier alpha value is -2.45. The van der Waals surface area contributed by atoms with Crippen LogP contribution in [0.1, 0.15) is 85.3 Å². The second-order valence-electron chi connectivity index (χ2n) is 12.4. The number of unbranched alkanes of at least 4 members (excludes halogenated alkanes) is 2. The van der Waals surface area contributed by atoms with Gasteiger partial charge in [-0.1, -0.05) is 45.9 Å². The Bertz CT molecular complexity index is 1390. The summed E-state index contributed by atoms with van der Waals surface area (Å²) in [6.07, 6.45) is 10.3. The van der Waals surface area contributed by atoms with E-state index in [1.165, 1.54) is 33.9 Å². The van der Waals surface area contributed by atoms with Gasteiger partial charge in [0.05, 0.1) is 17.5 Å². The van der Waals surface area contributed by atoms with Crippen molar-refractivity contribution in [1.29, 1.82) is 0 Å². The molecule has 0 spiro atoms. The molecule has 0 bridgehead atoms. The van der Waals surface area contributed by atoms with Gasteiger partial charge in [-0.2, -0.15) is 13.8 Å². The van der Waals surface area contributed by atoms with Crippen molar-refractivity contribution < 1.29 is 19.0 Å². The molecule has 2 aromatic carbocycles. The van der Waals surface area contributed by atoms with E-state index in [1.807, 2.05) is 26.0 Å². The van der Waals surface area contributed by atoms with Crippen LogP contribution < -0.4 is 4.90 Å². The second kappa shape index (κ2) is 12.8. The summed E-state index contributed by atoms with van der Waals surface area (Å²) in [4.78, 5) is 16.2. The Morgan fingerprint density at radius 1 is 1.07 bits per heavy atom. The first-order valence-electron chi connectivity index (χ1n) is 14.7. The normalized spacial score (nSPS) is 18.2. The quantitative estimate of drug-likeness (QED) is 0.0666. The van der Waals surface area contributed by atoms with Crippen LogP contribution in [-0.4, -0.2) is 34.4 Å². The Morgan fingerprint density at radius 2 is 1.83 bits per heavy atom. The van der Waals surface area contributed by atoms with E-state index in [-0.39, 0.29) is 16.7 Å². The van der Waals surface area contributed by atoms with E-state index in [2.05, 4.69) is 90.9 Å². The second-order valence-corrected chi connectivity index (χ2v) is 13.6. The van der Waals surface area contributed by atoms with Gasteiger partial charge in [0.2, 0.25) is 5.69 Å². The van der Waals surface area contributed by atoms with Crippen molar-refractivity contribution in [3.05, 3.63) is 71.5 Å². The molecule has 0 saturated carbocycles. The fourth-order valence-corrected chi connectivity index (χ4v) is 6.81. The predicted octanol–water partition coefficient (Wildman–Crippen LogP) is 8.51. The summed E-state index contributed by atoms with van der Waals surface area (Å²) < 4.78 is 6.80. The maximum absolute atomic E-state index is 12.1. The van der Waals surface area contributed by atoms with Crippen molar-refractivity contribution in [2.75, 3.05) is 18.0 Å². The zero-order chi connectivity index (χ0) is 29.9. The number of carbonyl (C=O) groups is 1. The summed E-state index contributed by atoms with van der Waals surface area (Å²) >= 11 is 6.46. The summed E-state index contributed by atoms with van der Waals surface area (Å²) in [5.41, 5.74) is 7.03. The van der Waals surface area contributed by atoms with Gasteiger partial charge in [0.15, 0.2) is 5.71 Å². The van der Waals surface area contributed by atoms with Crippen LogP contribution in [0.4, 0.5) is 11.4 Å². The molecule has 0 radical (unpaired) electrons. The highest BCUT2D eigenvalue weighted by Gasteiger charge is 2.44. The SMILES string of the molecule is CCN1/C(=C/C=C/C2=[N+](CCCCCC(=O)C(C)C)c3ccc(SOO)cc3C2(C)C)C(C)(C)c2cc([S-])ccc21. The zero-order valence-corrected chi connectivity index (χ0v) is 27.1. The molecule has 0 amide bonds. The summed E-state index contributed by atoms with van der Waals surface area (Å²) in [5, 5.41) is 9.02. The third-order valence-corrected chi connectivity index (χ3v) is 9.41. The van der Waals surface area contributed by atoms with Crippen LogP contribution in [0.25, 0.3) is 0 Å². The topological polar surface area (TPSA) is 52.8 Å². The minimum Gasteiger partial charge on any atom is -0.780 e. The van der Waals surface area contributed by atoms with Crippen molar-refractivity contribution in [2.45, 2.75) is 94.8 Å². The first-order valence-corrected chi connectivity index (χ1v) is 15.9. The first-order chi connectivity index (χ1) is 19.4. The number of fused-ring (bicyclic) bond motifs is 2. The molecule has 4 rings (SSSR count). The molecular weight excluding hydrogens is 549 g/mol. The molecule has 2 aliphatic heterocycles. The van der Waals surface area contributed by atoms with Gasteiger partial charge >= 0.3 is 0 Å². The molecule has 0 unspecified atom stereocenters. The zero-order valence-electron chi connectivity index (χ0n) is 25.5. The van der Waals surface area contributed by atoms with E-state index in [0.29, 0.717) is 12.2 Å². The van der Waals surface area contributed by atoms with Gasteiger partial charge in [-0.05, 0) is 63.5 Å². The average Bonchev–Trinajstić information content (AvgIpc) is 3.26. The monoisotopic (exact) mass is 592 g/mol. The van der Waals surface area contributed by atoms with E-state index >= 15 is 0 Å². The van der Waals surface area contributed by atoms with E-state index < -0.39 is 0 Å². The molecule has 2 aromatic rings. The van der Waals surface area contributed by atoms with Crippen LogP contribution in [0.15, 0.2) is 70.1 Å². The van der Waals surface area contributed by atoms with Crippen LogP contribution in [0.3, 0.4) is 0 Å². The number of anilines is 1. The number of allylic oxidation sites excluding steroid dienone is 4. The minimum absolute atomic E-state index is 0.107. The summed E-state index contributed by atoms with van der Waals surface area (Å²) in [5.74, 6) is 0.453. The highest BCUT2D eigenvalue weighted by molar-refractivity contribution is 7.94. The minimum atomic E-state index is -0.236. The maximum Gasteiger partial charge on any atom is 0.209 e. The average molecular weight is 593 g/mol. The van der Waals surface area contributed by atoms with Crippen molar-refractivity contribution in [2.24, 2.45) is 5.92 Å². The first kappa shape index (κ1) is 31.5. The lowest BCUT2D eigenvalue weighted by atomic mass is 9.81. The fourth-order valence-electron chi connectivity index (χ4n) is 6.25. The number of hydrogen-bond acceptors (Lipinski definition) is 6. The van der Waals surface area contributed by atoms with Crippen molar-refractivity contribution in [3.63, 3.8) is 0 Å². The highest BCUT2D eigenvalue weighted by Crippen LogP contribution is 2.48.